The molecule has 1 aliphatic rings. The van der Waals surface area contributed by atoms with E-state index in [1.165, 1.54) is 17.1 Å². The van der Waals surface area contributed by atoms with E-state index in [1.807, 2.05) is 0 Å². The van der Waals surface area contributed by atoms with Crippen molar-refractivity contribution in [3.05, 3.63) is 12.7 Å². The molecule has 0 unspecified atom stereocenters. The van der Waals surface area contributed by atoms with E-state index in [-0.39, 0.29) is 5.75 Å². The largest absolute Gasteiger partial charge is 0.383 e. The molecule has 0 heterocycles. The highest BCUT2D eigenvalue weighted by molar-refractivity contribution is 7.89. The number of rotatable bonds is 12. The van der Waals surface area contributed by atoms with Gasteiger partial charge in [0, 0.05) is 26.2 Å². The molecule has 0 bridgehead atoms. The molecular weight excluding hydrogens is 264 g/mol. The Morgan fingerprint density at radius 1 is 1.42 bits per heavy atom. The summed E-state index contributed by atoms with van der Waals surface area (Å²) >= 11 is 0. The predicted octanol–water partition coefficient (Wildman–Crippen LogP) is 0.983. The number of hydrogen-bond donors (Lipinski definition) is 1. The molecule has 0 saturated heterocycles. The Kier molecular flexibility index (Phi) is 7.60. The molecule has 0 aromatic rings. The van der Waals surface area contributed by atoms with Gasteiger partial charge in [0.15, 0.2) is 0 Å². The van der Waals surface area contributed by atoms with Crippen LogP contribution in [0.5, 0.6) is 0 Å². The minimum Gasteiger partial charge on any atom is -0.383 e. The lowest BCUT2D eigenvalue weighted by Crippen LogP contribution is -2.36. The molecule has 112 valence electrons. The minimum atomic E-state index is -3.19. The average Bonchev–Trinajstić information content (AvgIpc) is 3.17. The summed E-state index contributed by atoms with van der Waals surface area (Å²) in [5.74, 6) is 0.205. The van der Waals surface area contributed by atoms with Crippen LogP contribution in [-0.2, 0) is 14.8 Å². The van der Waals surface area contributed by atoms with Crippen molar-refractivity contribution in [1.29, 1.82) is 0 Å². The minimum absolute atomic E-state index is 0.205. The quantitative estimate of drug-likeness (QED) is 0.430. The topological polar surface area (TPSA) is 58.6 Å². The molecule has 0 aliphatic heterocycles. The van der Waals surface area contributed by atoms with E-state index in [1.54, 1.807) is 13.2 Å². The second kappa shape index (κ2) is 8.68. The zero-order chi connectivity index (χ0) is 14.1. The molecule has 6 heteroatoms. The molecule has 1 fully saturated rings. The van der Waals surface area contributed by atoms with Crippen molar-refractivity contribution >= 4 is 10.0 Å². The molecule has 1 saturated carbocycles. The smallest absolute Gasteiger partial charge is 0.214 e. The molecule has 1 N–H and O–H groups in total. The predicted molar refractivity (Wildman–Crippen MR) is 77.7 cm³/mol. The highest BCUT2D eigenvalue weighted by atomic mass is 32.2. The molecule has 0 aromatic heterocycles. The van der Waals surface area contributed by atoms with Gasteiger partial charge in [-0.1, -0.05) is 6.08 Å². The van der Waals surface area contributed by atoms with Crippen molar-refractivity contribution in [3.63, 3.8) is 0 Å². The van der Waals surface area contributed by atoms with E-state index in [0.29, 0.717) is 32.2 Å². The molecule has 1 aliphatic carbocycles. The van der Waals surface area contributed by atoms with E-state index in [4.69, 9.17) is 4.74 Å². The summed E-state index contributed by atoms with van der Waals surface area (Å²) in [4.78, 5) is 0. The number of sulfonamides is 1. The van der Waals surface area contributed by atoms with Crippen molar-refractivity contribution in [2.75, 3.05) is 39.1 Å². The first-order valence-corrected chi connectivity index (χ1v) is 8.52. The summed E-state index contributed by atoms with van der Waals surface area (Å²) in [5.41, 5.74) is 0. The van der Waals surface area contributed by atoms with E-state index < -0.39 is 10.0 Å². The van der Waals surface area contributed by atoms with Gasteiger partial charge in [-0.25, -0.2) is 8.42 Å². The van der Waals surface area contributed by atoms with Crippen LogP contribution in [0.15, 0.2) is 12.7 Å². The van der Waals surface area contributed by atoms with Crippen LogP contribution in [0, 0.1) is 0 Å². The van der Waals surface area contributed by atoms with E-state index >= 15 is 0 Å². The van der Waals surface area contributed by atoms with E-state index in [2.05, 4.69) is 11.9 Å². The van der Waals surface area contributed by atoms with Crippen LogP contribution < -0.4 is 5.32 Å². The summed E-state index contributed by atoms with van der Waals surface area (Å²) in [6.07, 6.45) is 5.75. The second-order valence-electron chi connectivity index (χ2n) is 4.89. The van der Waals surface area contributed by atoms with Crippen LogP contribution in [0.1, 0.15) is 25.7 Å². The lowest BCUT2D eigenvalue weighted by molar-refractivity contribution is 0.182. The maximum Gasteiger partial charge on any atom is 0.214 e. The number of hydrogen-bond acceptors (Lipinski definition) is 4. The van der Waals surface area contributed by atoms with Gasteiger partial charge in [-0.15, -0.1) is 6.58 Å². The van der Waals surface area contributed by atoms with Crippen LogP contribution >= 0.6 is 0 Å². The molecule has 0 radical (unpaired) electrons. The zero-order valence-electron chi connectivity index (χ0n) is 11.8. The Balaban J connectivity index is 2.25. The van der Waals surface area contributed by atoms with E-state index in [0.717, 1.165) is 13.0 Å². The third-order valence-corrected chi connectivity index (χ3v) is 5.03. The summed E-state index contributed by atoms with van der Waals surface area (Å²) in [7, 11) is -1.62. The van der Waals surface area contributed by atoms with Gasteiger partial charge in [0.1, 0.15) is 0 Å². The fourth-order valence-electron chi connectivity index (χ4n) is 1.81. The van der Waals surface area contributed by atoms with Crippen molar-refractivity contribution in [1.82, 2.24) is 9.62 Å². The maximum atomic E-state index is 12.1. The lowest BCUT2D eigenvalue weighted by atomic mass is 10.3. The second-order valence-corrected chi connectivity index (χ2v) is 6.98. The fourth-order valence-corrected chi connectivity index (χ4v) is 3.33. The SMILES string of the molecule is C=CCN(CCOC)S(=O)(=O)CCCCNC1CC1. The molecule has 0 aromatic carbocycles. The van der Waals surface area contributed by atoms with Crippen LogP contribution in [0.3, 0.4) is 0 Å². The molecule has 0 amide bonds. The number of ether oxygens (including phenoxy) is 1. The van der Waals surface area contributed by atoms with Gasteiger partial charge in [-0.05, 0) is 32.2 Å². The Morgan fingerprint density at radius 2 is 2.16 bits per heavy atom. The summed E-state index contributed by atoms with van der Waals surface area (Å²) in [6.45, 7) is 5.68. The van der Waals surface area contributed by atoms with Gasteiger partial charge >= 0.3 is 0 Å². The van der Waals surface area contributed by atoms with Crippen molar-refractivity contribution in [2.24, 2.45) is 0 Å². The number of nitrogens with one attached hydrogen (secondary N) is 1. The van der Waals surface area contributed by atoms with Gasteiger partial charge in [0.25, 0.3) is 0 Å². The van der Waals surface area contributed by atoms with Crippen LogP contribution in [-0.4, -0.2) is 57.9 Å². The zero-order valence-corrected chi connectivity index (χ0v) is 12.6. The van der Waals surface area contributed by atoms with E-state index in [9.17, 15) is 8.42 Å². The number of unbranched alkanes of at least 4 members (excludes halogenated alkanes) is 1. The highest BCUT2D eigenvalue weighted by Gasteiger charge is 2.21. The average molecular weight is 290 g/mol. The third kappa shape index (κ3) is 7.06. The number of methoxy groups -OCH3 is 1. The van der Waals surface area contributed by atoms with Gasteiger partial charge in [0.2, 0.25) is 10.0 Å². The molecule has 5 nitrogen and oxygen atoms in total. The summed E-state index contributed by atoms with van der Waals surface area (Å²) in [6, 6.07) is 0.690. The molecular formula is C13H26N2O3S. The van der Waals surface area contributed by atoms with Gasteiger partial charge in [-0.3, -0.25) is 0 Å². The van der Waals surface area contributed by atoms with Crippen molar-refractivity contribution < 1.29 is 13.2 Å². The normalized spacial score (nSPS) is 15.9. The third-order valence-electron chi connectivity index (χ3n) is 3.11. The van der Waals surface area contributed by atoms with Crippen LogP contribution in [0.2, 0.25) is 0 Å². The molecule has 0 spiro atoms. The Bertz CT molecular complexity index is 353. The maximum absolute atomic E-state index is 12.1. The molecule has 0 atom stereocenters. The fraction of sp³-hybridized carbons (Fsp3) is 0.846. The van der Waals surface area contributed by atoms with Gasteiger partial charge in [0.05, 0.1) is 12.4 Å². The summed E-state index contributed by atoms with van der Waals surface area (Å²) < 4.78 is 30.7. The highest BCUT2D eigenvalue weighted by Crippen LogP contribution is 2.18. The number of nitrogens with zero attached hydrogens (tertiary/aromatic N) is 1. The first-order chi connectivity index (χ1) is 9.10. The first-order valence-electron chi connectivity index (χ1n) is 6.91. The van der Waals surface area contributed by atoms with Gasteiger partial charge < -0.3 is 10.1 Å². The summed E-state index contributed by atoms with van der Waals surface area (Å²) in [5, 5.41) is 3.39. The molecule has 19 heavy (non-hydrogen) atoms. The van der Waals surface area contributed by atoms with Crippen LogP contribution in [0.25, 0.3) is 0 Å². The van der Waals surface area contributed by atoms with Crippen LogP contribution in [0.4, 0.5) is 0 Å². The lowest BCUT2D eigenvalue weighted by Gasteiger charge is -2.20. The van der Waals surface area contributed by atoms with Gasteiger partial charge in [-0.2, -0.15) is 4.31 Å². The Hall–Kier alpha value is -0.430. The Morgan fingerprint density at radius 3 is 2.74 bits per heavy atom. The monoisotopic (exact) mass is 290 g/mol. The molecule has 1 rings (SSSR count). The standard InChI is InChI=1S/C13H26N2O3S/c1-3-9-15(10-11-18-2)19(16,17)12-5-4-8-14-13-6-7-13/h3,13-14H,1,4-12H2,2H3. The van der Waals surface area contributed by atoms with Crippen molar-refractivity contribution in [2.45, 2.75) is 31.7 Å². The first kappa shape index (κ1) is 16.6. The Labute approximate surface area is 117 Å². The van der Waals surface area contributed by atoms with Crippen molar-refractivity contribution in [3.8, 4) is 0 Å².